The van der Waals surface area contributed by atoms with Gasteiger partial charge in [-0.2, -0.15) is 0 Å². The molecule has 0 bridgehead atoms. The van der Waals surface area contributed by atoms with Crippen molar-refractivity contribution >= 4 is 17.5 Å². The Kier molecular flexibility index (Phi) is 4.33. The molecule has 1 aliphatic heterocycles. The molecule has 4 nitrogen and oxygen atoms in total. The van der Waals surface area contributed by atoms with Crippen molar-refractivity contribution in [2.45, 2.75) is 32.2 Å². The molecule has 0 saturated carbocycles. The van der Waals surface area contributed by atoms with Crippen molar-refractivity contribution in [3.05, 3.63) is 65.0 Å². The molecule has 0 aromatic heterocycles. The number of anilines is 1. The highest BCUT2D eigenvalue weighted by Gasteiger charge is 2.42. The van der Waals surface area contributed by atoms with E-state index in [4.69, 9.17) is 0 Å². The van der Waals surface area contributed by atoms with Crippen molar-refractivity contribution in [2.24, 2.45) is 0 Å². The molecule has 1 N–H and O–H groups in total. The second kappa shape index (κ2) is 6.31. The van der Waals surface area contributed by atoms with Gasteiger partial charge in [-0.05, 0) is 37.1 Å². The van der Waals surface area contributed by atoms with E-state index in [1.54, 1.807) is 30.1 Å². The van der Waals surface area contributed by atoms with Gasteiger partial charge in [0.25, 0.3) is 0 Å². The summed E-state index contributed by atoms with van der Waals surface area (Å²) in [6.07, 6.45) is 0.190. The van der Waals surface area contributed by atoms with Crippen LogP contribution in [0.15, 0.2) is 42.5 Å². The van der Waals surface area contributed by atoms with Crippen molar-refractivity contribution < 1.29 is 14.0 Å². The number of nitrogens with one attached hydrogen (secondary N) is 1. The van der Waals surface area contributed by atoms with E-state index in [1.165, 1.54) is 6.07 Å². The minimum absolute atomic E-state index is 0.0451. The molecule has 5 heteroatoms. The number of amides is 2. The molecule has 0 radical (unpaired) electrons. The second-order valence-electron chi connectivity index (χ2n) is 6.89. The summed E-state index contributed by atoms with van der Waals surface area (Å²) < 4.78 is 13.6. The zero-order valence-corrected chi connectivity index (χ0v) is 14.6. The molecule has 0 unspecified atom stereocenters. The largest absolute Gasteiger partial charge is 0.352 e. The number of fused-ring (bicyclic) bond motifs is 1. The molecular weight excluding hydrogens is 319 g/mol. The SMILES string of the molecule is CN1C(=O)C(C)(C)c2cc(CC(=O)NCc3ccccc3F)ccc21. The fourth-order valence-electron chi connectivity index (χ4n) is 3.21. The van der Waals surface area contributed by atoms with Crippen LogP contribution in [-0.4, -0.2) is 18.9 Å². The van der Waals surface area contributed by atoms with E-state index >= 15 is 0 Å². The topological polar surface area (TPSA) is 49.4 Å². The average molecular weight is 340 g/mol. The zero-order chi connectivity index (χ0) is 18.2. The predicted octanol–water partition coefficient (Wildman–Crippen LogP) is 2.94. The van der Waals surface area contributed by atoms with Gasteiger partial charge < -0.3 is 10.2 Å². The molecule has 0 fully saturated rings. The lowest BCUT2D eigenvalue weighted by Gasteiger charge is -2.16. The molecule has 1 heterocycles. The molecule has 25 heavy (non-hydrogen) atoms. The van der Waals surface area contributed by atoms with Crippen LogP contribution in [0.3, 0.4) is 0 Å². The smallest absolute Gasteiger partial charge is 0.236 e. The molecular formula is C20H21FN2O2. The van der Waals surface area contributed by atoms with Crippen LogP contribution in [-0.2, 0) is 28.0 Å². The van der Waals surface area contributed by atoms with Gasteiger partial charge in [-0.3, -0.25) is 9.59 Å². The van der Waals surface area contributed by atoms with Gasteiger partial charge in [0, 0.05) is 24.8 Å². The number of halogens is 1. The number of hydrogen-bond acceptors (Lipinski definition) is 2. The van der Waals surface area contributed by atoms with Gasteiger partial charge >= 0.3 is 0 Å². The molecule has 0 saturated heterocycles. The lowest BCUT2D eigenvalue weighted by molar-refractivity contribution is -0.122. The van der Waals surface area contributed by atoms with Crippen LogP contribution in [0.2, 0.25) is 0 Å². The Morgan fingerprint density at radius 1 is 1.20 bits per heavy atom. The summed E-state index contributed by atoms with van der Waals surface area (Å²) in [6.45, 7) is 3.93. The highest BCUT2D eigenvalue weighted by molar-refractivity contribution is 6.07. The minimum atomic E-state index is -0.594. The first kappa shape index (κ1) is 17.1. The quantitative estimate of drug-likeness (QED) is 0.930. The Balaban J connectivity index is 1.70. The van der Waals surface area contributed by atoms with Crippen LogP contribution in [0.1, 0.15) is 30.5 Å². The van der Waals surface area contributed by atoms with Crippen LogP contribution in [0.5, 0.6) is 0 Å². The van der Waals surface area contributed by atoms with E-state index in [2.05, 4.69) is 5.32 Å². The lowest BCUT2D eigenvalue weighted by Crippen LogP contribution is -2.33. The Labute approximate surface area is 146 Å². The van der Waals surface area contributed by atoms with Crippen LogP contribution < -0.4 is 10.2 Å². The van der Waals surface area contributed by atoms with Crippen LogP contribution in [0.25, 0.3) is 0 Å². The van der Waals surface area contributed by atoms with Gasteiger partial charge in [0.05, 0.1) is 11.8 Å². The van der Waals surface area contributed by atoms with E-state index in [9.17, 15) is 14.0 Å². The molecule has 2 amide bonds. The minimum Gasteiger partial charge on any atom is -0.352 e. The van der Waals surface area contributed by atoms with E-state index in [-0.39, 0.29) is 30.6 Å². The average Bonchev–Trinajstić information content (AvgIpc) is 2.75. The van der Waals surface area contributed by atoms with Crippen LogP contribution in [0, 0.1) is 5.82 Å². The van der Waals surface area contributed by atoms with Crippen LogP contribution >= 0.6 is 0 Å². The van der Waals surface area contributed by atoms with Gasteiger partial charge in [-0.15, -0.1) is 0 Å². The third-order valence-corrected chi connectivity index (χ3v) is 4.73. The number of rotatable bonds is 4. The van der Waals surface area contributed by atoms with Gasteiger partial charge in [-0.1, -0.05) is 30.3 Å². The molecule has 1 aliphatic rings. The van der Waals surface area contributed by atoms with Crippen molar-refractivity contribution in [1.29, 1.82) is 0 Å². The molecule has 2 aromatic carbocycles. The first-order valence-electron chi connectivity index (χ1n) is 8.22. The summed E-state index contributed by atoms with van der Waals surface area (Å²) in [4.78, 5) is 26.1. The zero-order valence-electron chi connectivity index (χ0n) is 14.6. The van der Waals surface area contributed by atoms with Crippen LogP contribution in [0.4, 0.5) is 10.1 Å². The number of nitrogens with zero attached hydrogens (tertiary/aromatic N) is 1. The van der Waals surface area contributed by atoms with Gasteiger partial charge in [0.15, 0.2) is 0 Å². The maximum absolute atomic E-state index is 13.6. The van der Waals surface area contributed by atoms with Crippen molar-refractivity contribution in [3.8, 4) is 0 Å². The molecule has 130 valence electrons. The van der Waals surface area contributed by atoms with E-state index in [0.29, 0.717) is 5.56 Å². The van der Waals surface area contributed by atoms with E-state index in [0.717, 1.165) is 16.8 Å². The fraction of sp³-hybridized carbons (Fsp3) is 0.300. The molecule has 0 spiro atoms. The Morgan fingerprint density at radius 3 is 2.64 bits per heavy atom. The predicted molar refractivity (Wildman–Crippen MR) is 94.8 cm³/mol. The monoisotopic (exact) mass is 340 g/mol. The first-order valence-corrected chi connectivity index (χ1v) is 8.22. The normalized spacial score (nSPS) is 15.2. The molecule has 3 rings (SSSR count). The fourth-order valence-corrected chi connectivity index (χ4v) is 3.21. The second-order valence-corrected chi connectivity index (χ2v) is 6.89. The Bertz CT molecular complexity index is 845. The molecule has 2 aromatic rings. The van der Waals surface area contributed by atoms with Gasteiger partial charge in [0.2, 0.25) is 11.8 Å². The summed E-state index contributed by atoms with van der Waals surface area (Å²) in [6, 6.07) is 12.0. The van der Waals surface area contributed by atoms with Gasteiger partial charge in [-0.25, -0.2) is 4.39 Å². The maximum atomic E-state index is 13.6. The Hall–Kier alpha value is -2.69. The molecule has 0 aliphatic carbocycles. The van der Waals surface area contributed by atoms with E-state index in [1.807, 2.05) is 32.0 Å². The number of carbonyl (C=O) groups excluding carboxylic acids is 2. The number of likely N-dealkylation sites (N-methyl/N-ethyl adjacent to an activating group) is 1. The summed E-state index contributed by atoms with van der Waals surface area (Å²) in [5.74, 6) is -0.467. The number of hydrogen-bond donors (Lipinski definition) is 1. The highest BCUT2D eigenvalue weighted by Crippen LogP contribution is 2.41. The van der Waals surface area contributed by atoms with Crippen molar-refractivity contribution in [3.63, 3.8) is 0 Å². The lowest BCUT2D eigenvalue weighted by atomic mass is 9.85. The first-order chi connectivity index (χ1) is 11.8. The molecule has 0 atom stereocenters. The van der Waals surface area contributed by atoms with Gasteiger partial charge in [0.1, 0.15) is 5.82 Å². The third kappa shape index (κ3) is 3.14. The third-order valence-electron chi connectivity index (χ3n) is 4.73. The van der Waals surface area contributed by atoms with Crippen molar-refractivity contribution in [2.75, 3.05) is 11.9 Å². The summed E-state index contributed by atoms with van der Waals surface area (Å²) >= 11 is 0. The standard InChI is InChI=1S/C20H21FN2O2/c1-20(2)15-10-13(8-9-17(15)23(3)19(20)25)11-18(24)22-12-14-6-4-5-7-16(14)21/h4-10H,11-12H2,1-3H3,(H,22,24). The highest BCUT2D eigenvalue weighted by atomic mass is 19.1. The van der Waals surface area contributed by atoms with E-state index < -0.39 is 5.41 Å². The Morgan fingerprint density at radius 2 is 1.92 bits per heavy atom. The van der Waals surface area contributed by atoms with Crippen molar-refractivity contribution in [1.82, 2.24) is 5.32 Å². The number of carbonyl (C=O) groups is 2. The summed E-state index contributed by atoms with van der Waals surface area (Å²) in [7, 11) is 1.76. The number of benzene rings is 2. The maximum Gasteiger partial charge on any atom is 0.236 e. The summed E-state index contributed by atoms with van der Waals surface area (Å²) in [5.41, 5.74) is 2.51. The summed E-state index contributed by atoms with van der Waals surface area (Å²) in [5, 5.41) is 2.74.